The number of carbonyl (C=O) groups is 1. The van der Waals surface area contributed by atoms with Gasteiger partial charge in [-0.15, -0.1) is 0 Å². The van der Waals surface area contributed by atoms with Crippen LogP contribution in [-0.4, -0.2) is 22.4 Å². The maximum absolute atomic E-state index is 10.3. The molecule has 1 unspecified atom stereocenters. The van der Waals surface area contributed by atoms with Crippen molar-refractivity contribution < 1.29 is 20.0 Å². The SMILES string of the molecule is CC=CCCC(C=CC=CCCCCC=CCCCC(=O)O)OO. The van der Waals surface area contributed by atoms with E-state index in [9.17, 15) is 4.79 Å². The second-order valence-corrected chi connectivity index (χ2v) is 5.65. The van der Waals surface area contributed by atoms with Crippen LogP contribution in [-0.2, 0) is 9.68 Å². The molecule has 0 aromatic rings. The second-order valence-electron chi connectivity index (χ2n) is 5.65. The molecule has 0 radical (unpaired) electrons. The predicted molar refractivity (Wildman–Crippen MR) is 98.9 cm³/mol. The number of hydrogen-bond acceptors (Lipinski definition) is 3. The fourth-order valence-corrected chi connectivity index (χ4v) is 2.11. The first-order chi connectivity index (χ1) is 11.7. The van der Waals surface area contributed by atoms with Gasteiger partial charge in [0.25, 0.3) is 0 Å². The number of rotatable bonds is 15. The standard InChI is InChI=1S/C20H32O4/c1-2-3-13-16-19(24-23)17-14-11-9-7-5-4-6-8-10-12-15-18-20(21)22/h2-3,8-11,14,17,19,23H,4-7,12-13,15-16,18H2,1H3,(H,21,22). The molecule has 0 aliphatic heterocycles. The first kappa shape index (κ1) is 22.4. The maximum Gasteiger partial charge on any atom is 0.303 e. The van der Waals surface area contributed by atoms with Crippen LogP contribution < -0.4 is 0 Å². The zero-order valence-electron chi connectivity index (χ0n) is 14.8. The van der Waals surface area contributed by atoms with Crippen LogP contribution in [0.15, 0.2) is 48.6 Å². The minimum Gasteiger partial charge on any atom is -0.481 e. The summed E-state index contributed by atoms with van der Waals surface area (Å²) in [4.78, 5) is 14.8. The maximum atomic E-state index is 10.3. The van der Waals surface area contributed by atoms with E-state index in [1.807, 2.05) is 31.2 Å². The average molecular weight is 336 g/mol. The van der Waals surface area contributed by atoms with Crippen LogP contribution >= 0.6 is 0 Å². The average Bonchev–Trinajstić information content (AvgIpc) is 2.57. The molecule has 0 spiro atoms. The first-order valence-corrected chi connectivity index (χ1v) is 8.82. The van der Waals surface area contributed by atoms with E-state index in [1.54, 1.807) is 0 Å². The zero-order chi connectivity index (χ0) is 17.9. The van der Waals surface area contributed by atoms with E-state index >= 15 is 0 Å². The molecule has 4 nitrogen and oxygen atoms in total. The number of aliphatic carboxylic acids is 1. The Morgan fingerprint density at radius 2 is 1.62 bits per heavy atom. The van der Waals surface area contributed by atoms with E-state index in [4.69, 9.17) is 10.4 Å². The van der Waals surface area contributed by atoms with Crippen molar-refractivity contribution in [3.05, 3.63) is 48.6 Å². The van der Waals surface area contributed by atoms with Crippen LogP contribution in [0.4, 0.5) is 0 Å². The number of carboxylic acids is 1. The highest BCUT2D eigenvalue weighted by Crippen LogP contribution is 2.06. The quantitative estimate of drug-likeness (QED) is 0.133. The third kappa shape index (κ3) is 16.7. The Morgan fingerprint density at radius 3 is 2.25 bits per heavy atom. The Morgan fingerprint density at radius 1 is 0.958 bits per heavy atom. The van der Waals surface area contributed by atoms with E-state index in [1.165, 1.54) is 0 Å². The topological polar surface area (TPSA) is 66.8 Å². The van der Waals surface area contributed by atoms with Gasteiger partial charge in [0.1, 0.15) is 6.10 Å². The molecule has 0 aromatic carbocycles. The van der Waals surface area contributed by atoms with E-state index in [0.29, 0.717) is 6.42 Å². The van der Waals surface area contributed by atoms with Gasteiger partial charge < -0.3 is 5.11 Å². The fourth-order valence-electron chi connectivity index (χ4n) is 2.11. The van der Waals surface area contributed by atoms with Gasteiger partial charge in [-0.3, -0.25) is 10.1 Å². The molecule has 136 valence electrons. The summed E-state index contributed by atoms with van der Waals surface area (Å²) < 4.78 is 0. The van der Waals surface area contributed by atoms with Crippen LogP contribution in [0, 0.1) is 0 Å². The highest BCUT2D eigenvalue weighted by Gasteiger charge is 2.01. The highest BCUT2D eigenvalue weighted by molar-refractivity contribution is 5.66. The molecule has 4 heteroatoms. The Balaban J connectivity index is 3.58. The summed E-state index contributed by atoms with van der Waals surface area (Å²) in [6, 6.07) is 0. The highest BCUT2D eigenvalue weighted by atomic mass is 17.1. The van der Waals surface area contributed by atoms with Crippen molar-refractivity contribution >= 4 is 5.97 Å². The molecule has 0 aromatic heterocycles. The molecule has 0 aliphatic rings. The number of carboxylic acid groups (broad SMARTS) is 1. The van der Waals surface area contributed by atoms with Gasteiger partial charge in [0.15, 0.2) is 0 Å². The van der Waals surface area contributed by atoms with E-state index in [0.717, 1.165) is 44.9 Å². The predicted octanol–water partition coefficient (Wildman–Crippen LogP) is 5.68. The smallest absolute Gasteiger partial charge is 0.303 e. The molecule has 0 aliphatic carbocycles. The fraction of sp³-hybridized carbons (Fsp3) is 0.550. The number of allylic oxidation sites excluding steroid dienone is 7. The van der Waals surface area contributed by atoms with Crippen molar-refractivity contribution in [2.45, 2.75) is 70.8 Å². The van der Waals surface area contributed by atoms with Crippen molar-refractivity contribution in [3.8, 4) is 0 Å². The normalized spacial score (nSPS) is 13.8. The van der Waals surface area contributed by atoms with Crippen molar-refractivity contribution in [3.63, 3.8) is 0 Å². The van der Waals surface area contributed by atoms with Gasteiger partial charge in [0.05, 0.1) is 0 Å². The van der Waals surface area contributed by atoms with Gasteiger partial charge in [-0.05, 0) is 58.3 Å². The van der Waals surface area contributed by atoms with Gasteiger partial charge >= 0.3 is 5.97 Å². The van der Waals surface area contributed by atoms with Gasteiger partial charge in [0, 0.05) is 6.42 Å². The first-order valence-electron chi connectivity index (χ1n) is 8.82. The van der Waals surface area contributed by atoms with Crippen LogP contribution in [0.2, 0.25) is 0 Å². The lowest BCUT2D eigenvalue weighted by Gasteiger charge is -2.05. The lowest BCUT2D eigenvalue weighted by atomic mass is 10.1. The van der Waals surface area contributed by atoms with Gasteiger partial charge in [-0.25, -0.2) is 4.89 Å². The second kappa shape index (κ2) is 17.7. The lowest BCUT2D eigenvalue weighted by Crippen LogP contribution is -2.05. The van der Waals surface area contributed by atoms with Crippen LogP contribution in [0.25, 0.3) is 0 Å². The van der Waals surface area contributed by atoms with E-state index in [2.05, 4.69) is 29.2 Å². The van der Waals surface area contributed by atoms with Gasteiger partial charge in [-0.2, -0.15) is 0 Å². The molecule has 0 amide bonds. The van der Waals surface area contributed by atoms with Crippen LogP contribution in [0.5, 0.6) is 0 Å². The molecule has 2 N–H and O–H groups in total. The van der Waals surface area contributed by atoms with Crippen molar-refractivity contribution in [2.75, 3.05) is 0 Å². The summed E-state index contributed by atoms with van der Waals surface area (Å²) in [6.07, 6.45) is 23.7. The summed E-state index contributed by atoms with van der Waals surface area (Å²) in [7, 11) is 0. The monoisotopic (exact) mass is 336 g/mol. The lowest BCUT2D eigenvalue weighted by molar-refractivity contribution is -0.266. The Hall–Kier alpha value is -1.65. The van der Waals surface area contributed by atoms with Crippen molar-refractivity contribution in [2.24, 2.45) is 0 Å². The Bertz CT molecular complexity index is 408. The molecule has 1 atom stereocenters. The van der Waals surface area contributed by atoms with Gasteiger partial charge in [-0.1, -0.05) is 48.6 Å². The van der Waals surface area contributed by atoms with Crippen molar-refractivity contribution in [1.29, 1.82) is 0 Å². The van der Waals surface area contributed by atoms with Crippen LogP contribution in [0.1, 0.15) is 64.7 Å². The molecular formula is C20H32O4. The number of hydrogen-bond donors (Lipinski definition) is 2. The minimum absolute atomic E-state index is 0.250. The number of unbranched alkanes of at least 4 members (excludes halogenated alkanes) is 4. The summed E-state index contributed by atoms with van der Waals surface area (Å²) in [5, 5.41) is 17.3. The van der Waals surface area contributed by atoms with E-state index in [-0.39, 0.29) is 12.5 Å². The molecule has 0 fully saturated rings. The molecule has 0 rings (SSSR count). The molecule has 24 heavy (non-hydrogen) atoms. The Kier molecular flexibility index (Phi) is 16.5. The van der Waals surface area contributed by atoms with Crippen molar-refractivity contribution in [1.82, 2.24) is 0 Å². The molecule has 0 bridgehead atoms. The summed E-state index contributed by atoms with van der Waals surface area (Å²) >= 11 is 0. The molecule has 0 saturated carbocycles. The largest absolute Gasteiger partial charge is 0.481 e. The third-order valence-corrected chi connectivity index (χ3v) is 3.48. The summed E-state index contributed by atoms with van der Waals surface area (Å²) in [5.41, 5.74) is 0. The summed E-state index contributed by atoms with van der Waals surface area (Å²) in [5.74, 6) is -0.723. The Labute approximate surface area is 146 Å². The van der Waals surface area contributed by atoms with Crippen LogP contribution in [0.3, 0.4) is 0 Å². The van der Waals surface area contributed by atoms with E-state index < -0.39 is 5.97 Å². The van der Waals surface area contributed by atoms with Gasteiger partial charge in [0.2, 0.25) is 0 Å². The minimum atomic E-state index is -0.723. The molecule has 0 heterocycles. The summed E-state index contributed by atoms with van der Waals surface area (Å²) in [6.45, 7) is 1.97. The molecular weight excluding hydrogens is 304 g/mol. The zero-order valence-corrected chi connectivity index (χ0v) is 14.8. The third-order valence-electron chi connectivity index (χ3n) is 3.48. The molecule has 0 saturated heterocycles.